The van der Waals surface area contributed by atoms with Gasteiger partial charge in [0.1, 0.15) is 0 Å². The number of pyridine rings is 1. The first-order valence-corrected chi connectivity index (χ1v) is 11.8. The molecular weight excluding hydrogens is 398 g/mol. The van der Waals surface area contributed by atoms with E-state index in [9.17, 15) is 13.2 Å². The van der Waals surface area contributed by atoms with Crippen molar-refractivity contribution in [2.45, 2.75) is 58.9 Å². The normalized spacial score (nSPS) is 15.9. The second-order valence-electron chi connectivity index (χ2n) is 8.25. The molecule has 1 fully saturated rings. The number of aromatic nitrogens is 1. The molecule has 1 amide bonds. The van der Waals surface area contributed by atoms with E-state index in [1.165, 1.54) is 4.31 Å². The topological polar surface area (TPSA) is 79.4 Å². The maximum atomic E-state index is 13.4. The molecular formula is C23H31N3O3S. The Hall–Kier alpha value is -2.25. The van der Waals surface area contributed by atoms with Crippen LogP contribution in [0.25, 0.3) is 0 Å². The maximum Gasteiger partial charge on any atom is 0.243 e. The zero-order valence-corrected chi connectivity index (χ0v) is 19.3. The average Bonchev–Trinajstić information content (AvgIpc) is 2.71. The second kappa shape index (κ2) is 8.86. The van der Waals surface area contributed by atoms with Gasteiger partial charge in [0.2, 0.25) is 15.9 Å². The van der Waals surface area contributed by atoms with Crippen molar-refractivity contribution in [3.63, 3.8) is 0 Å². The van der Waals surface area contributed by atoms with Gasteiger partial charge in [0.25, 0.3) is 0 Å². The molecule has 1 aliphatic heterocycles. The number of piperidine rings is 1. The van der Waals surface area contributed by atoms with Crippen LogP contribution in [0.2, 0.25) is 0 Å². The van der Waals surface area contributed by atoms with Crippen LogP contribution in [-0.4, -0.2) is 36.7 Å². The number of hydrogen-bond donors (Lipinski definition) is 1. The molecule has 1 saturated heterocycles. The highest BCUT2D eigenvalue weighted by molar-refractivity contribution is 7.89. The van der Waals surface area contributed by atoms with E-state index < -0.39 is 10.0 Å². The summed E-state index contributed by atoms with van der Waals surface area (Å²) in [5, 5.41) is 2.96. The van der Waals surface area contributed by atoms with Gasteiger partial charge in [0.15, 0.2) is 0 Å². The molecule has 0 atom stereocenters. The van der Waals surface area contributed by atoms with Crippen LogP contribution in [0.5, 0.6) is 0 Å². The lowest BCUT2D eigenvalue weighted by Crippen LogP contribution is -2.43. The van der Waals surface area contributed by atoms with Crippen molar-refractivity contribution < 1.29 is 13.2 Å². The summed E-state index contributed by atoms with van der Waals surface area (Å²) < 4.78 is 28.3. The Morgan fingerprint density at radius 1 is 1.07 bits per heavy atom. The predicted molar refractivity (Wildman–Crippen MR) is 118 cm³/mol. The van der Waals surface area contributed by atoms with Gasteiger partial charge in [-0.25, -0.2) is 8.42 Å². The van der Waals surface area contributed by atoms with Crippen LogP contribution >= 0.6 is 0 Å². The summed E-state index contributed by atoms with van der Waals surface area (Å²) in [7, 11) is -3.59. The summed E-state index contributed by atoms with van der Waals surface area (Å²) in [6.07, 6.45) is 2.76. The van der Waals surface area contributed by atoms with Crippen molar-refractivity contribution >= 4 is 15.9 Å². The number of carbonyl (C=O) groups is 1. The number of carbonyl (C=O) groups excluding carboxylic acids is 1. The molecule has 0 aliphatic carbocycles. The zero-order chi connectivity index (χ0) is 22.1. The highest BCUT2D eigenvalue weighted by Crippen LogP contribution is 2.31. The third-order valence-electron chi connectivity index (χ3n) is 6.27. The molecule has 2 heterocycles. The van der Waals surface area contributed by atoms with Gasteiger partial charge in [-0.2, -0.15) is 4.31 Å². The molecule has 1 aromatic heterocycles. The van der Waals surface area contributed by atoms with Gasteiger partial charge in [-0.15, -0.1) is 0 Å². The number of amides is 1. The predicted octanol–water partition coefficient (Wildman–Crippen LogP) is 3.34. The monoisotopic (exact) mass is 429 g/mol. The highest BCUT2D eigenvalue weighted by atomic mass is 32.2. The number of sulfonamides is 1. The minimum atomic E-state index is -3.59. The Kier molecular flexibility index (Phi) is 6.62. The lowest BCUT2D eigenvalue weighted by molar-refractivity contribution is -0.126. The third-order valence-corrected chi connectivity index (χ3v) is 8.44. The fourth-order valence-electron chi connectivity index (χ4n) is 4.07. The van der Waals surface area contributed by atoms with E-state index in [0.29, 0.717) is 37.4 Å². The molecule has 162 valence electrons. The number of benzene rings is 1. The molecule has 30 heavy (non-hydrogen) atoms. The van der Waals surface area contributed by atoms with Crippen LogP contribution in [0, 0.1) is 40.5 Å². The maximum absolute atomic E-state index is 13.4. The molecule has 0 spiro atoms. The van der Waals surface area contributed by atoms with Gasteiger partial charge in [-0.05, 0) is 81.3 Å². The first kappa shape index (κ1) is 22.4. The van der Waals surface area contributed by atoms with Crippen LogP contribution in [0.4, 0.5) is 0 Å². The van der Waals surface area contributed by atoms with Gasteiger partial charge in [0, 0.05) is 25.2 Å². The lowest BCUT2D eigenvalue weighted by Gasteiger charge is -2.31. The molecule has 0 saturated carbocycles. The molecule has 6 nitrogen and oxygen atoms in total. The molecule has 1 N–H and O–H groups in total. The fraction of sp³-hybridized carbons (Fsp3) is 0.478. The van der Waals surface area contributed by atoms with Crippen molar-refractivity contribution in [3.05, 3.63) is 57.9 Å². The van der Waals surface area contributed by atoms with Gasteiger partial charge in [0.05, 0.1) is 17.1 Å². The minimum absolute atomic E-state index is 0.0316. The smallest absolute Gasteiger partial charge is 0.243 e. The van der Waals surface area contributed by atoms with Crippen molar-refractivity contribution in [3.8, 4) is 0 Å². The molecule has 7 heteroatoms. The third kappa shape index (κ3) is 4.42. The molecule has 1 aliphatic rings. The van der Waals surface area contributed by atoms with E-state index in [4.69, 9.17) is 0 Å². The van der Waals surface area contributed by atoms with Crippen LogP contribution in [0.15, 0.2) is 29.3 Å². The Balaban J connectivity index is 1.67. The van der Waals surface area contributed by atoms with Gasteiger partial charge >= 0.3 is 0 Å². The van der Waals surface area contributed by atoms with Crippen molar-refractivity contribution in [1.82, 2.24) is 14.6 Å². The summed E-state index contributed by atoms with van der Waals surface area (Å²) in [4.78, 5) is 17.3. The van der Waals surface area contributed by atoms with Crippen molar-refractivity contribution in [1.29, 1.82) is 0 Å². The fourth-order valence-corrected chi connectivity index (χ4v) is 6.12. The van der Waals surface area contributed by atoms with Crippen LogP contribution < -0.4 is 5.32 Å². The highest BCUT2D eigenvalue weighted by Gasteiger charge is 2.34. The van der Waals surface area contributed by atoms with E-state index in [0.717, 1.165) is 33.5 Å². The summed E-state index contributed by atoms with van der Waals surface area (Å²) in [5.41, 5.74) is 5.48. The van der Waals surface area contributed by atoms with E-state index in [2.05, 4.69) is 10.3 Å². The van der Waals surface area contributed by atoms with E-state index in [1.807, 2.05) is 52.8 Å². The zero-order valence-electron chi connectivity index (χ0n) is 18.4. The molecule has 2 aromatic rings. The first-order valence-electron chi connectivity index (χ1n) is 10.4. The second-order valence-corrected chi connectivity index (χ2v) is 10.1. The largest absolute Gasteiger partial charge is 0.350 e. The summed E-state index contributed by atoms with van der Waals surface area (Å²) >= 11 is 0. The molecule has 3 rings (SSSR count). The Bertz CT molecular complexity index is 1030. The standard InChI is InChI=1S/C23H31N3O3S/c1-15-7-6-10-24-21(15)14-25-23(27)20-8-11-26(12-9-20)30(28,29)22-18(4)16(2)13-17(3)19(22)5/h6-7,10,13,20H,8-9,11-12,14H2,1-5H3,(H,25,27). The van der Waals surface area contributed by atoms with E-state index >= 15 is 0 Å². The Morgan fingerprint density at radius 3 is 2.23 bits per heavy atom. The van der Waals surface area contributed by atoms with Crippen LogP contribution in [0.1, 0.15) is 46.4 Å². The first-order chi connectivity index (χ1) is 14.1. The SMILES string of the molecule is Cc1cccnc1CNC(=O)C1CCN(S(=O)(=O)c2c(C)c(C)cc(C)c2C)CC1. The summed E-state index contributed by atoms with van der Waals surface area (Å²) in [6, 6.07) is 5.87. The number of aryl methyl sites for hydroxylation is 3. The molecule has 0 radical (unpaired) electrons. The van der Waals surface area contributed by atoms with E-state index in [1.54, 1.807) is 6.20 Å². The average molecular weight is 430 g/mol. The van der Waals surface area contributed by atoms with Gasteiger partial charge in [-0.1, -0.05) is 12.1 Å². The van der Waals surface area contributed by atoms with Gasteiger partial charge in [-0.3, -0.25) is 9.78 Å². The summed E-state index contributed by atoms with van der Waals surface area (Å²) in [6.45, 7) is 10.7. The molecule has 0 bridgehead atoms. The quantitative estimate of drug-likeness (QED) is 0.791. The van der Waals surface area contributed by atoms with E-state index in [-0.39, 0.29) is 11.8 Å². The molecule has 1 aromatic carbocycles. The van der Waals surface area contributed by atoms with Crippen molar-refractivity contribution in [2.24, 2.45) is 5.92 Å². The minimum Gasteiger partial charge on any atom is -0.350 e. The Morgan fingerprint density at radius 2 is 1.67 bits per heavy atom. The summed E-state index contributed by atoms with van der Waals surface area (Å²) in [5.74, 6) is -0.210. The molecule has 0 unspecified atom stereocenters. The number of nitrogens with zero attached hydrogens (tertiary/aromatic N) is 2. The number of rotatable bonds is 5. The van der Waals surface area contributed by atoms with Crippen LogP contribution in [0.3, 0.4) is 0 Å². The van der Waals surface area contributed by atoms with Crippen LogP contribution in [-0.2, 0) is 21.4 Å². The Labute approximate surface area is 179 Å². The number of hydrogen-bond acceptors (Lipinski definition) is 4. The number of nitrogens with one attached hydrogen (secondary N) is 1. The van der Waals surface area contributed by atoms with Gasteiger partial charge < -0.3 is 5.32 Å². The van der Waals surface area contributed by atoms with Crippen molar-refractivity contribution in [2.75, 3.05) is 13.1 Å². The lowest BCUT2D eigenvalue weighted by atomic mass is 9.97.